The second-order valence-corrected chi connectivity index (χ2v) is 13.0. The summed E-state index contributed by atoms with van der Waals surface area (Å²) in [4.78, 5) is 31.2. The van der Waals surface area contributed by atoms with Gasteiger partial charge in [-0.1, -0.05) is 0 Å². The van der Waals surface area contributed by atoms with E-state index in [1.165, 1.54) is 24.5 Å². The highest BCUT2D eigenvalue weighted by molar-refractivity contribution is 9.10. The van der Waals surface area contributed by atoms with Crippen molar-refractivity contribution in [3.05, 3.63) is 68.4 Å². The number of carbonyl (C=O) groups is 2. The second-order valence-electron chi connectivity index (χ2n) is 11.3. The molecule has 2 heterocycles. The number of aromatic nitrogens is 2. The minimum Gasteiger partial charge on any atom is -0.478 e. The quantitative estimate of drug-likeness (QED) is 0.141. The molecule has 2 aliphatic carbocycles. The molecule has 2 aliphatic rings. The Balaban J connectivity index is 0.000000181. The molecule has 0 aliphatic heterocycles. The fourth-order valence-corrected chi connectivity index (χ4v) is 6.68. The van der Waals surface area contributed by atoms with Crippen molar-refractivity contribution in [3.63, 3.8) is 0 Å². The Morgan fingerprint density at radius 1 is 0.739 bits per heavy atom. The summed E-state index contributed by atoms with van der Waals surface area (Å²) in [6.07, 6.45) is 8.15. The molecule has 14 heteroatoms. The van der Waals surface area contributed by atoms with Gasteiger partial charge >= 0.3 is 11.9 Å². The van der Waals surface area contributed by atoms with Crippen LogP contribution in [0.2, 0.25) is 0 Å². The summed E-state index contributed by atoms with van der Waals surface area (Å²) in [5.41, 5.74) is 1.95. The fraction of sp³-hybridized carbons (Fsp3) is 0.375. The number of hydrogen-bond donors (Lipinski definition) is 4. The van der Waals surface area contributed by atoms with Crippen molar-refractivity contribution in [2.75, 3.05) is 24.9 Å². The highest BCUT2D eigenvalue weighted by Gasteiger charge is 2.28. The zero-order valence-corrected chi connectivity index (χ0v) is 28.1. The minimum atomic E-state index is -1.07. The molecule has 2 aromatic heterocycles. The molecule has 2 fully saturated rings. The van der Waals surface area contributed by atoms with Gasteiger partial charge in [0.15, 0.2) is 0 Å². The summed E-state index contributed by atoms with van der Waals surface area (Å²) in [6.45, 7) is 0. The lowest BCUT2D eigenvalue weighted by atomic mass is 10.1. The van der Waals surface area contributed by atoms with Gasteiger partial charge in [-0.25, -0.2) is 18.4 Å². The van der Waals surface area contributed by atoms with Crippen LogP contribution in [0.3, 0.4) is 0 Å². The lowest BCUT2D eigenvalue weighted by Gasteiger charge is -2.18. The summed E-state index contributed by atoms with van der Waals surface area (Å²) in [7, 11) is 3.36. The Labute approximate surface area is 280 Å². The van der Waals surface area contributed by atoms with E-state index in [-0.39, 0.29) is 44.4 Å². The van der Waals surface area contributed by atoms with Crippen molar-refractivity contribution in [1.29, 1.82) is 0 Å². The number of anilines is 2. The molecule has 0 radical (unpaired) electrons. The molecular weight excluding hydrogens is 734 g/mol. The highest BCUT2D eigenvalue weighted by atomic mass is 79.9. The van der Waals surface area contributed by atoms with Crippen molar-refractivity contribution >= 4 is 77.0 Å². The zero-order chi connectivity index (χ0) is 33.1. The number of nitrogens with zero attached hydrogens (tertiary/aromatic N) is 2. The molecule has 244 valence electrons. The van der Waals surface area contributed by atoms with Crippen molar-refractivity contribution in [2.24, 2.45) is 0 Å². The lowest BCUT2D eigenvalue weighted by molar-refractivity contribution is 0.0686. The Bertz CT molecular complexity index is 1670. The predicted octanol–water partition coefficient (Wildman–Crippen LogP) is 7.63. The average molecular weight is 766 g/mol. The van der Waals surface area contributed by atoms with Crippen molar-refractivity contribution in [2.45, 2.75) is 62.8 Å². The fourth-order valence-electron chi connectivity index (χ4n) is 5.99. The van der Waals surface area contributed by atoms with Crippen LogP contribution in [-0.2, 0) is 9.47 Å². The smallest absolute Gasteiger partial charge is 0.339 e. The van der Waals surface area contributed by atoms with Gasteiger partial charge in [-0.3, -0.25) is 9.97 Å². The zero-order valence-electron chi connectivity index (χ0n) is 24.9. The second kappa shape index (κ2) is 14.5. The molecule has 0 bridgehead atoms. The maximum atomic E-state index is 13.7. The van der Waals surface area contributed by atoms with Gasteiger partial charge in [0, 0.05) is 61.6 Å². The molecule has 0 amide bonds. The van der Waals surface area contributed by atoms with Crippen LogP contribution in [0, 0.1) is 11.6 Å². The highest BCUT2D eigenvalue weighted by Crippen LogP contribution is 2.35. The van der Waals surface area contributed by atoms with Crippen LogP contribution in [0.5, 0.6) is 0 Å². The first-order valence-electron chi connectivity index (χ1n) is 14.6. The Kier molecular flexibility index (Phi) is 10.7. The van der Waals surface area contributed by atoms with E-state index in [1.807, 2.05) is 0 Å². The molecule has 6 rings (SSSR count). The van der Waals surface area contributed by atoms with Crippen LogP contribution < -0.4 is 10.6 Å². The molecule has 0 saturated heterocycles. The van der Waals surface area contributed by atoms with E-state index in [0.29, 0.717) is 33.2 Å². The van der Waals surface area contributed by atoms with Gasteiger partial charge in [0.2, 0.25) is 0 Å². The van der Waals surface area contributed by atoms with Gasteiger partial charge in [0.1, 0.15) is 22.8 Å². The van der Waals surface area contributed by atoms with E-state index in [1.54, 1.807) is 26.4 Å². The summed E-state index contributed by atoms with van der Waals surface area (Å²) >= 11 is 6.30. The van der Waals surface area contributed by atoms with Gasteiger partial charge < -0.3 is 30.3 Å². The number of hydrogen-bond acceptors (Lipinski definition) is 8. The van der Waals surface area contributed by atoms with Crippen molar-refractivity contribution < 1.29 is 38.1 Å². The van der Waals surface area contributed by atoms with Crippen LogP contribution in [0.15, 0.2) is 45.6 Å². The normalized spacial score (nSPS) is 20.8. The molecule has 2 saturated carbocycles. The summed E-state index contributed by atoms with van der Waals surface area (Å²) < 4.78 is 38.7. The number of rotatable bonds is 8. The van der Waals surface area contributed by atoms with Crippen LogP contribution in [0.1, 0.15) is 59.2 Å². The largest absolute Gasteiger partial charge is 0.478 e. The minimum absolute atomic E-state index is 0.0804. The summed E-state index contributed by atoms with van der Waals surface area (Å²) in [5.74, 6) is -2.99. The summed E-state index contributed by atoms with van der Waals surface area (Å²) in [5, 5.41) is 26.6. The first-order valence-corrected chi connectivity index (χ1v) is 16.2. The molecule has 2 aromatic carbocycles. The predicted molar refractivity (Wildman–Crippen MR) is 177 cm³/mol. The maximum absolute atomic E-state index is 13.7. The Hall–Kier alpha value is -3.46. The maximum Gasteiger partial charge on any atom is 0.339 e. The third-order valence-electron chi connectivity index (χ3n) is 8.41. The first-order chi connectivity index (χ1) is 22.0. The van der Waals surface area contributed by atoms with Crippen LogP contribution in [-0.4, -0.2) is 70.6 Å². The molecular formula is C32H32Br2F2N4O6. The Morgan fingerprint density at radius 2 is 1.13 bits per heavy atom. The van der Waals surface area contributed by atoms with Crippen molar-refractivity contribution in [1.82, 2.24) is 9.97 Å². The van der Waals surface area contributed by atoms with Gasteiger partial charge in [-0.15, -0.1) is 0 Å². The number of fused-ring (bicyclic) bond motifs is 2. The molecule has 4 atom stereocenters. The number of carboxylic acid groups (broad SMARTS) is 2. The average Bonchev–Trinajstić information content (AvgIpc) is 3.68. The number of nitrogens with one attached hydrogen (secondary N) is 2. The topological polar surface area (TPSA) is 143 Å². The molecule has 4 aromatic rings. The van der Waals surface area contributed by atoms with E-state index >= 15 is 0 Å². The first kappa shape index (κ1) is 33.9. The van der Waals surface area contributed by atoms with Gasteiger partial charge in [0.05, 0.1) is 43.6 Å². The van der Waals surface area contributed by atoms with Gasteiger partial charge in [0.25, 0.3) is 0 Å². The van der Waals surface area contributed by atoms with Crippen molar-refractivity contribution in [3.8, 4) is 0 Å². The molecule has 0 spiro atoms. The number of carboxylic acids is 2. The van der Waals surface area contributed by atoms with Crippen LogP contribution in [0.25, 0.3) is 21.8 Å². The molecule has 0 unspecified atom stereocenters. The molecule has 10 nitrogen and oxygen atoms in total. The molecule has 4 N–H and O–H groups in total. The number of ether oxygens (including phenoxy) is 2. The van der Waals surface area contributed by atoms with E-state index in [2.05, 4.69) is 52.5 Å². The lowest BCUT2D eigenvalue weighted by Crippen LogP contribution is -2.19. The van der Waals surface area contributed by atoms with Crippen LogP contribution in [0.4, 0.5) is 20.2 Å². The number of pyridine rings is 2. The van der Waals surface area contributed by atoms with Gasteiger partial charge in [-0.2, -0.15) is 0 Å². The summed E-state index contributed by atoms with van der Waals surface area (Å²) in [6, 6.07) is 5.95. The van der Waals surface area contributed by atoms with E-state index < -0.39 is 23.6 Å². The van der Waals surface area contributed by atoms with Crippen LogP contribution >= 0.6 is 31.9 Å². The van der Waals surface area contributed by atoms with E-state index in [0.717, 1.165) is 38.5 Å². The monoisotopic (exact) mass is 764 g/mol. The number of benzene rings is 2. The number of halogens is 4. The third kappa shape index (κ3) is 7.40. The van der Waals surface area contributed by atoms with Gasteiger partial charge in [-0.05, 0) is 82.5 Å². The standard InChI is InChI=1S/2C16H16BrFN2O3/c2*1-23-9-3-2-8(4-9)20-15-10-5-12(17)13(18)6-14(10)19-7-11(15)16(21)22/h2*5-9H,2-4H2,1H3,(H,19,20)(H,21,22)/t2*8-,9-/m10/s1. The third-order valence-corrected chi connectivity index (χ3v) is 9.63. The SMILES string of the molecule is CO[C@@H]1CC[C@@H](Nc2c(C(=O)O)cnc3cc(F)c(Br)cc23)C1.CO[C@H]1CC[C@H](Nc2c(C(=O)O)cnc3cc(F)c(Br)cc23)C1. The van der Waals surface area contributed by atoms with E-state index in [9.17, 15) is 28.6 Å². The number of methoxy groups -OCH3 is 2. The molecule has 46 heavy (non-hydrogen) atoms. The van der Waals surface area contributed by atoms with E-state index in [4.69, 9.17) is 9.47 Å². The number of aromatic carboxylic acids is 2. The Morgan fingerprint density at radius 3 is 1.46 bits per heavy atom.